The fourth-order valence-corrected chi connectivity index (χ4v) is 3.85. The minimum absolute atomic E-state index is 0.0227. The third-order valence-electron chi connectivity index (χ3n) is 4.41. The Morgan fingerprint density at radius 1 is 1.12 bits per heavy atom. The molecule has 0 aliphatic heterocycles. The molecule has 26 heavy (non-hydrogen) atoms. The Bertz CT molecular complexity index is 918. The Morgan fingerprint density at radius 2 is 1.73 bits per heavy atom. The first-order chi connectivity index (χ1) is 12.4. The van der Waals surface area contributed by atoms with E-state index in [0.717, 1.165) is 30.5 Å². The maximum Gasteiger partial charge on any atom is 0.261 e. The summed E-state index contributed by atoms with van der Waals surface area (Å²) in [5.74, 6) is -0.546. The third-order valence-corrected chi connectivity index (χ3v) is 5.80. The molecule has 0 radical (unpaired) electrons. The SMILES string of the molecule is C=CCNC(=O)C1(c2ccc(NS(=O)(=O)c3ccc(F)cc3)cc2)CC1. The average Bonchev–Trinajstić information content (AvgIpc) is 3.42. The first-order valence-corrected chi connectivity index (χ1v) is 9.64. The highest BCUT2D eigenvalue weighted by Gasteiger charge is 2.50. The van der Waals surface area contributed by atoms with Crippen molar-refractivity contribution in [3.8, 4) is 0 Å². The summed E-state index contributed by atoms with van der Waals surface area (Å²) < 4.78 is 40.1. The fourth-order valence-electron chi connectivity index (χ4n) is 2.79. The fraction of sp³-hybridized carbons (Fsp3) is 0.211. The number of anilines is 1. The van der Waals surface area contributed by atoms with Gasteiger partial charge in [-0.05, 0) is 54.8 Å². The molecule has 2 aromatic rings. The Hall–Kier alpha value is -2.67. The molecular formula is C19H19FN2O3S. The quantitative estimate of drug-likeness (QED) is 0.732. The molecular weight excluding hydrogens is 355 g/mol. The highest BCUT2D eigenvalue weighted by atomic mass is 32.2. The van der Waals surface area contributed by atoms with Crippen molar-refractivity contribution < 1.29 is 17.6 Å². The smallest absolute Gasteiger partial charge is 0.261 e. The van der Waals surface area contributed by atoms with Gasteiger partial charge in [-0.3, -0.25) is 9.52 Å². The number of carbonyl (C=O) groups is 1. The van der Waals surface area contributed by atoms with Crippen molar-refractivity contribution in [2.45, 2.75) is 23.2 Å². The topological polar surface area (TPSA) is 75.3 Å². The van der Waals surface area contributed by atoms with Crippen LogP contribution in [0.25, 0.3) is 0 Å². The van der Waals surface area contributed by atoms with Gasteiger partial charge in [0.05, 0.1) is 10.3 Å². The zero-order chi connectivity index (χ0) is 18.8. The summed E-state index contributed by atoms with van der Waals surface area (Å²) in [5, 5.41) is 2.81. The summed E-state index contributed by atoms with van der Waals surface area (Å²) in [6.45, 7) is 4.00. The zero-order valence-corrected chi connectivity index (χ0v) is 14.9. The van der Waals surface area contributed by atoms with Crippen molar-refractivity contribution in [2.24, 2.45) is 0 Å². The minimum atomic E-state index is -3.80. The van der Waals surface area contributed by atoms with E-state index >= 15 is 0 Å². The van der Waals surface area contributed by atoms with Crippen molar-refractivity contribution in [1.82, 2.24) is 5.32 Å². The van der Waals surface area contributed by atoms with Gasteiger partial charge in [0, 0.05) is 12.2 Å². The van der Waals surface area contributed by atoms with Gasteiger partial charge in [0.2, 0.25) is 5.91 Å². The molecule has 7 heteroatoms. The predicted octanol–water partition coefficient (Wildman–Crippen LogP) is 2.96. The number of hydrogen-bond acceptors (Lipinski definition) is 3. The summed E-state index contributed by atoms with van der Waals surface area (Å²) in [6, 6.07) is 11.3. The van der Waals surface area contributed by atoms with Crippen molar-refractivity contribution in [3.05, 3.63) is 72.6 Å². The highest BCUT2D eigenvalue weighted by Crippen LogP contribution is 2.48. The van der Waals surface area contributed by atoms with E-state index in [4.69, 9.17) is 0 Å². The predicted molar refractivity (Wildman–Crippen MR) is 97.8 cm³/mol. The van der Waals surface area contributed by atoms with E-state index in [0.29, 0.717) is 12.2 Å². The molecule has 1 aliphatic carbocycles. The van der Waals surface area contributed by atoms with Crippen molar-refractivity contribution >= 4 is 21.6 Å². The van der Waals surface area contributed by atoms with Crippen LogP contribution in [0.5, 0.6) is 0 Å². The molecule has 0 saturated heterocycles. The Labute approximate surface area is 152 Å². The van der Waals surface area contributed by atoms with E-state index in [1.165, 1.54) is 12.1 Å². The molecule has 0 heterocycles. The number of rotatable bonds is 7. The number of halogens is 1. The number of sulfonamides is 1. The van der Waals surface area contributed by atoms with Crippen LogP contribution < -0.4 is 10.0 Å². The van der Waals surface area contributed by atoms with E-state index in [1.807, 2.05) is 0 Å². The van der Waals surface area contributed by atoms with E-state index in [-0.39, 0.29) is 10.8 Å². The number of amides is 1. The van der Waals surface area contributed by atoms with Gasteiger partial charge in [0.1, 0.15) is 5.82 Å². The van der Waals surface area contributed by atoms with E-state index in [9.17, 15) is 17.6 Å². The maximum atomic E-state index is 13.0. The standard InChI is InChI=1S/C19H19FN2O3S/c1-2-13-21-18(23)19(11-12-19)14-3-7-16(8-4-14)22-26(24,25)17-9-5-15(20)6-10-17/h2-10,22H,1,11-13H2,(H,21,23). The molecule has 5 nitrogen and oxygen atoms in total. The average molecular weight is 374 g/mol. The summed E-state index contributed by atoms with van der Waals surface area (Å²) in [7, 11) is -3.80. The molecule has 2 aromatic carbocycles. The van der Waals surface area contributed by atoms with E-state index in [1.54, 1.807) is 30.3 Å². The molecule has 0 bridgehead atoms. The second kappa shape index (κ2) is 6.92. The van der Waals surface area contributed by atoms with Crippen molar-refractivity contribution in [3.63, 3.8) is 0 Å². The second-order valence-electron chi connectivity index (χ2n) is 6.22. The maximum absolute atomic E-state index is 13.0. The van der Waals surface area contributed by atoms with E-state index < -0.39 is 21.3 Å². The summed E-state index contributed by atoms with van der Waals surface area (Å²) >= 11 is 0. The van der Waals surface area contributed by atoms with E-state index in [2.05, 4.69) is 16.6 Å². The molecule has 0 atom stereocenters. The summed E-state index contributed by atoms with van der Waals surface area (Å²) in [5.41, 5.74) is 0.696. The lowest BCUT2D eigenvalue weighted by molar-refractivity contribution is -0.123. The first kappa shape index (κ1) is 18.1. The van der Waals surface area contributed by atoms with Gasteiger partial charge < -0.3 is 5.32 Å². The minimum Gasteiger partial charge on any atom is -0.352 e. The van der Waals surface area contributed by atoms with Crippen LogP contribution in [0.1, 0.15) is 18.4 Å². The number of nitrogens with one attached hydrogen (secondary N) is 2. The normalized spacial score (nSPS) is 15.1. The zero-order valence-electron chi connectivity index (χ0n) is 14.0. The third kappa shape index (κ3) is 3.62. The van der Waals surface area contributed by atoms with Crippen LogP contribution in [0.4, 0.5) is 10.1 Å². The lowest BCUT2D eigenvalue weighted by Crippen LogP contribution is -2.34. The number of carbonyl (C=O) groups excluding carboxylic acids is 1. The molecule has 136 valence electrons. The van der Waals surface area contributed by atoms with Crippen LogP contribution in [-0.2, 0) is 20.2 Å². The van der Waals surface area contributed by atoms with Gasteiger partial charge in [0.25, 0.3) is 10.0 Å². The second-order valence-corrected chi connectivity index (χ2v) is 7.90. The Morgan fingerprint density at radius 3 is 2.27 bits per heavy atom. The van der Waals surface area contributed by atoms with Crippen LogP contribution >= 0.6 is 0 Å². The molecule has 3 rings (SSSR count). The molecule has 1 amide bonds. The molecule has 2 N–H and O–H groups in total. The number of hydrogen-bond donors (Lipinski definition) is 2. The summed E-state index contributed by atoms with van der Waals surface area (Å²) in [4.78, 5) is 12.3. The number of benzene rings is 2. The van der Waals surface area contributed by atoms with Gasteiger partial charge in [-0.1, -0.05) is 18.2 Å². The first-order valence-electron chi connectivity index (χ1n) is 8.15. The van der Waals surface area contributed by atoms with Gasteiger partial charge in [0.15, 0.2) is 0 Å². The van der Waals surface area contributed by atoms with Crippen LogP contribution in [0.2, 0.25) is 0 Å². The molecule has 1 saturated carbocycles. The van der Waals surface area contributed by atoms with Crippen LogP contribution in [-0.4, -0.2) is 20.9 Å². The molecule has 0 spiro atoms. The van der Waals surface area contributed by atoms with Crippen LogP contribution in [0.15, 0.2) is 66.1 Å². The Balaban J connectivity index is 1.75. The van der Waals surface area contributed by atoms with Crippen molar-refractivity contribution in [1.29, 1.82) is 0 Å². The molecule has 1 fully saturated rings. The summed E-state index contributed by atoms with van der Waals surface area (Å²) in [6.07, 6.45) is 3.15. The molecule has 0 aromatic heterocycles. The van der Waals surface area contributed by atoms with Gasteiger partial charge in [-0.15, -0.1) is 6.58 Å². The van der Waals surface area contributed by atoms with Gasteiger partial charge >= 0.3 is 0 Å². The van der Waals surface area contributed by atoms with Gasteiger partial charge in [-0.2, -0.15) is 0 Å². The lowest BCUT2D eigenvalue weighted by atomic mass is 9.95. The van der Waals surface area contributed by atoms with Crippen LogP contribution in [0, 0.1) is 5.82 Å². The lowest BCUT2D eigenvalue weighted by Gasteiger charge is -2.16. The molecule has 1 aliphatic rings. The highest BCUT2D eigenvalue weighted by molar-refractivity contribution is 7.92. The largest absolute Gasteiger partial charge is 0.352 e. The molecule has 0 unspecified atom stereocenters. The Kier molecular flexibility index (Phi) is 4.82. The van der Waals surface area contributed by atoms with Gasteiger partial charge in [-0.25, -0.2) is 12.8 Å². The van der Waals surface area contributed by atoms with Crippen molar-refractivity contribution in [2.75, 3.05) is 11.3 Å². The monoisotopic (exact) mass is 374 g/mol. The van der Waals surface area contributed by atoms with Crippen LogP contribution in [0.3, 0.4) is 0 Å².